The van der Waals surface area contributed by atoms with E-state index in [-0.39, 0.29) is 11.9 Å². The first-order chi connectivity index (χ1) is 15.1. The van der Waals surface area contributed by atoms with Gasteiger partial charge in [0.1, 0.15) is 11.4 Å². The highest BCUT2D eigenvalue weighted by Crippen LogP contribution is 2.27. The van der Waals surface area contributed by atoms with Crippen molar-refractivity contribution in [3.63, 3.8) is 0 Å². The Labute approximate surface area is 179 Å². The van der Waals surface area contributed by atoms with Gasteiger partial charge < -0.3 is 15.8 Å². The molecule has 8 heteroatoms. The molecule has 8 nitrogen and oxygen atoms in total. The number of pyridine rings is 2. The number of carbonyl (C=O) groups excluding carboxylic acids is 1. The molecule has 154 valence electrons. The zero-order valence-electron chi connectivity index (χ0n) is 16.8. The highest BCUT2D eigenvalue weighted by molar-refractivity contribution is 6.02. The number of benzene rings is 1. The normalized spacial score (nSPS) is 10.5. The zero-order chi connectivity index (χ0) is 21.6. The average molecular weight is 412 g/mol. The molecule has 1 amide bonds. The number of ether oxygens (including phenoxy) is 1. The van der Waals surface area contributed by atoms with Gasteiger partial charge in [-0.3, -0.25) is 14.8 Å². The molecule has 4 aromatic rings. The average Bonchev–Trinajstić information content (AvgIpc) is 2.82. The summed E-state index contributed by atoms with van der Waals surface area (Å²) in [6.45, 7) is 2.27. The van der Waals surface area contributed by atoms with Crippen LogP contribution in [0.2, 0.25) is 0 Å². The van der Waals surface area contributed by atoms with Crippen LogP contribution in [0, 0.1) is 6.92 Å². The van der Waals surface area contributed by atoms with Gasteiger partial charge >= 0.3 is 6.01 Å². The first-order valence-corrected chi connectivity index (χ1v) is 9.60. The van der Waals surface area contributed by atoms with E-state index in [1.807, 2.05) is 25.1 Å². The van der Waals surface area contributed by atoms with E-state index >= 15 is 0 Å². The Balaban J connectivity index is 1.52. The molecular weight excluding hydrogens is 392 g/mol. The molecule has 4 rings (SSSR count). The molecule has 3 heterocycles. The fraction of sp³-hybridized carbons (Fsp3) is 0.0870. The Bertz CT molecular complexity index is 1200. The minimum atomic E-state index is -0.326. The number of nitrogens with zero attached hydrogens (tertiary/aromatic N) is 4. The molecule has 0 radical (unpaired) electrons. The van der Waals surface area contributed by atoms with Crippen molar-refractivity contribution in [2.24, 2.45) is 5.73 Å². The van der Waals surface area contributed by atoms with E-state index in [4.69, 9.17) is 10.5 Å². The van der Waals surface area contributed by atoms with E-state index in [9.17, 15) is 4.79 Å². The standard InChI is InChI=1S/C23H20N6O2/c1-15-4-6-18(28-22(30)20-7-5-16(12-24)13-27-20)11-21(15)31-23-26-10-8-19(29-23)17-3-2-9-25-14-17/h2-11,13-14H,12,24H2,1H3,(H,28,30). The molecular formula is C23H20N6O2. The molecule has 0 saturated heterocycles. The van der Waals surface area contributed by atoms with Crippen molar-refractivity contribution < 1.29 is 9.53 Å². The van der Waals surface area contributed by atoms with Crippen LogP contribution in [0.15, 0.2) is 73.3 Å². The highest BCUT2D eigenvalue weighted by atomic mass is 16.5. The monoisotopic (exact) mass is 412 g/mol. The van der Waals surface area contributed by atoms with Crippen LogP contribution < -0.4 is 15.8 Å². The smallest absolute Gasteiger partial charge is 0.322 e. The molecule has 3 aromatic heterocycles. The number of aryl methyl sites for hydroxylation is 1. The molecule has 0 aliphatic carbocycles. The summed E-state index contributed by atoms with van der Waals surface area (Å²) in [7, 11) is 0. The van der Waals surface area contributed by atoms with Gasteiger partial charge in [-0.1, -0.05) is 12.1 Å². The van der Waals surface area contributed by atoms with Crippen molar-refractivity contribution in [3.8, 4) is 23.0 Å². The van der Waals surface area contributed by atoms with E-state index in [0.29, 0.717) is 29.4 Å². The lowest BCUT2D eigenvalue weighted by Gasteiger charge is -2.11. The first kappa shape index (κ1) is 20.1. The Morgan fingerprint density at radius 1 is 1.06 bits per heavy atom. The zero-order valence-corrected chi connectivity index (χ0v) is 16.8. The van der Waals surface area contributed by atoms with Gasteiger partial charge in [0.2, 0.25) is 0 Å². The topological polar surface area (TPSA) is 116 Å². The number of nitrogens with one attached hydrogen (secondary N) is 1. The molecule has 0 atom stereocenters. The van der Waals surface area contributed by atoms with Crippen LogP contribution in [0.25, 0.3) is 11.3 Å². The summed E-state index contributed by atoms with van der Waals surface area (Å²) in [6.07, 6.45) is 6.64. The first-order valence-electron chi connectivity index (χ1n) is 9.60. The van der Waals surface area contributed by atoms with Gasteiger partial charge in [-0.15, -0.1) is 0 Å². The third-order valence-corrected chi connectivity index (χ3v) is 4.53. The lowest BCUT2D eigenvalue weighted by atomic mass is 10.2. The van der Waals surface area contributed by atoms with Crippen molar-refractivity contribution in [3.05, 3.63) is 90.1 Å². The Morgan fingerprint density at radius 2 is 1.97 bits per heavy atom. The van der Waals surface area contributed by atoms with Gasteiger partial charge in [0, 0.05) is 48.6 Å². The number of amides is 1. The number of nitrogens with two attached hydrogens (primary N) is 1. The van der Waals surface area contributed by atoms with Gasteiger partial charge in [0.05, 0.1) is 5.69 Å². The fourth-order valence-electron chi connectivity index (χ4n) is 2.83. The van der Waals surface area contributed by atoms with Crippen molar-refractivity contribution in [2.75, 3.05) is 5.32 Å². The number of anilines is 1. The van der Waals surface area contributed by atoms with Crippen LogP contribution in [0.1, 0.15) is 21.6 Å². The van der Waals surface area contributed by atoms with E-state index in [0.717, 1.165) is 16.7 Å². The van der Waals surface area contributed by atoms with Crippen molar-refractivity contribution in [1.82, 2.24) is 19.9 Å². The maximum atomic E-state index is 12.5. The van der Waals surface area contributed by atoms with Crippen LogP contribution in [-0.4, -0.2) is 25.8 Å². The van der Waals surface area contributed by atoms with Crippen molar-refractivity contribution in [1.29, 1.82) is 0 Å². The molecule has 0 bridgehead atoms. The largest absolute Gasteiger partial charge is 0.424 e. The second-order valence-electron chi connectivity index (χ2n) is 6.76. The Kier molecular flexibility index (Phi) is 5.91. The number of hydrogen-bond acceptors (Lipinski definition) is 7. The minimum absolute atomic E-state index is 0.201. The van der Waals surface area contributed by atoms with Crippen LogP contribution >= 0.6 is 0 Å². The number of hydrogen-bond donors (Lipinski definition) is 2. The van der Waals surface area contributed by atoms with E-state index in [2.05, 4.69) is 25.3 Å². The molecule has 0 aliphatic rings. The summed E-state index contributed by atoms with van der Waals surface area (Å²) in [6, 6.07) is 14.5. The number of aromatic nitrogens is 4. The summed E-state index contributed by atoms with van der Waals surface area (Å²) >= 11 is 0. The maximum Gasteiger partial charge on any atom is 0.322 e. The number of carbonyl (C=O) groups is 1. The fourth-order valence-corrected chi connectivity index (χ4v) is 2.83. The second kappa shape index (κ2) is 9.10. The third-order valence-electron chi connectivity index (χ3n) is 4.53. The Hall–Kier alpha value is -4.17. The molecule has 0 aliphatic heterocycles. The van der Waals surface area contributed by atoms with E-state index < -0.39 is 0 Å². The summed E-state index contributed by atoms with van der Waals surface area (Å²) in [4.78, 5) is 29.4. The van der Waals surface area contributed by atoms with Crippen LogP contribution in [-0.2, 0) is 6.54 Å². The highest BCUT2D eigenvalue weighted by Gasteiger charge is 2.11. The minimum Gasteiger partial charge on any atom is -0.424 e. The van der Waals surface area contributed by atoms with Gasteiger partial charge in [-0.05, 0) is 48.4 Å². The molecule has 1 aromatic carbocycles. The molecule has 0 spiro atoms. The van der Waals surface area contributed by atoms with Crippen molar-refractivity contribution >= 4 is 11.6 Å². The third kappa shape index (κ3) is 4.88. The van der Waals surface area contributed by atoms with Gasteiger partial charge in [0.25, 0.3) is 5.91 Å². The second-order valence-corrected chi connectivity index (χ2v) is 6.76. The lowest BCUT2D eigenvalue weighted by Crippen LogP contribution is -2.14. The van der Waals surface area contributed by atoms with E-state index in [1.54, 1.807) is 55.1 Å². The SMILES string of the molecule is Cc1ccc(NC(=O)c2ccc(CN)cn2)cc1Oc1nccc(-c2cccnc2)n1. The number of rotatable bonds is 6. The van der Waals surface area contributed by atoms with E-state index in [1.165, 1.54) is 0 Å². The van der Waals surface area contributed by atoms with Crippen LogP contribution in [0.5, 0.6) is 11.8 Å². The summed E-state index contributed by atoms with van der Waals surface area (Å²) in [5, 5.41) is 2.82. The molecule has 0 saturated carbocycles. The van der Waals surface area contributed by atoms with Gasteiger partial charge in [-0.25, -0.2) is 4.98 Å². The summed E-state index contributed by atoms with van der Waals surface area (Å²) in [5.41, 5.74) is 9.73. The molecule has 31 heavy (non-hydrogen) atoms. The van der Waals surface area contributed by atoms with Gasteiger partial charge in [0.15, 0.2) is 0 Å². The maximum absolute atomic E-state index is 12.5. The quantitative estimate of drug-likeness (QED) is 0.495. The predicted molar refractivity (Wildman–Crippen MR) is 117 cm³/mol. The Morgan fingerprint density at radius 3 is 2.71 bits per heavy atom. The summed E-state index contributed by atoms with van der Waals surface area (Å²) < 4.78 is 5.91. The predicted octanol–water partition coefficient (Wildman–Crippen LogP) is 3.75. The summed E-state index contributed by atoms with van der Waals surface area (Å²) in [5.74, 6) is 0.209. The van der Waals surface area contributed by atoms with Gasteiger partial charge in [-0.2, -0.15) is 4.98 Å². The molecule has 0 fully saturated rings. The molecule has 3 N–H and O–H groups in total. The lowest BCUT2D eigenvalue weighted by molar-refractivity contribution is 0.102. The van der Waals surface area contributed by atoms with Crippen LogP contribution in [0.3, 0.4) is 0 Å². The molecule has 0 unspecified atom stereocenters. The van der Waals surface area contributed by atoms with Crippen molar-refractivity contribution in [2.45, 2.75) is 13.5 Å². The van der Waals surface area contributed by atoms with Crippen LogP contribution in [0.4, 0.5) is 5.69 Å².